The third-order valence-corrected chi connectivity index (χ3v) is 4.65. The van der Waals surface area contributed by atoms with Gasteiger partial charge in [0.25, 0.3) is 11.8 Å². The summed E-state index contributed by atoms with van der Waals surface area (Å²) in [6.45, 7) is 1.75. The average Bonchev–Trinajstić information content (AvgIpc) is 3.22. The van der Waals surface area contributed by atoms with E-state index in [1.165, 1.54) is 23.5 Å². The predicted octanol–water partition coefficient (Wildman–Crippen LogP) is 3.86. The van der Waals surface area contributed by atoms with E-state index in [1.807, 2.05) is 11.4 Å². The van der Waals surface area contributed by atoms with Crippen molar-refractivity contribution in [3.63, 3.8) is 0 Å². The second kappa shape index (κ2) is 8.29. The fourth-order valence-corrected chi connectivity index (χ4v) is 2.94. The summed E-state index contributed by atoms with van der Waals surface area (Å²) in [6.07, 6.45) is 0. The molecule has 0 bridgehead atoms. The van der Waals surface area contributed by atoms with E-state index in [2.05, 4.69) is 15.8 Å². The molecule has 7 heteroatoms. The molecule has 0 spiro atoms. The molecular formula is C20H17N3O3S. The monoisotopic (exact) mass is 379 g/mol. The van der Waals surface area contributed by atoms with Crippen LogP contribution in [0.2, 0.25) is 0 Å². The predicted molar refractivity (Wildman–Crippen MR) is 106 cm³/mol. The Kier molecular flexibility index (Phi) is 5.63. The summed E-state index contributed by atoms with van der Waals surface area (Å²) in [4.78, 5) is 24.7. The Labute approximate surface area is 160 Å². The minimum absolute atomic E-state index is 0.103. The molecule has 2 aromatic carbocycles. The molecule has 0 radical (unpaired) electrons. The van der Waals surface area contributed by atoms with E-state index in [1.54, 1.807) is 49.4 Å². The van der Waals surface area contributed by atoms with Gasteiger partial charge in [0.2, 0.25) is 0 Å². The summed E-state index contributed by atoms with van der Waals surface area (Å²) in [5, 5.41) is 18.4. The van der Waals surface area contributed by atoms with E-state index < -0.39 is 5.91 Å². The zero-order valence-electron chi connectivity index (χ0n) is 14.5. The van der Waals surface area contributed by atoms with Gasteiger partial charge in [-0.05, 0) is 48.2 Å². The number of rotatable bonds is 5. The summed E-state index contributed by atoms with van der Waals surface area (Å²) >= 11 is 1.38. The minimum Gasteiger partial charge on any atom is -0.507 e. The van der Waals surface area contributed by atoms with E-state index in [4.69, 9.17) is 0 Å². The van der Waals surface area contributed by atoms with Crippen molar-refractivity contribution in [1.82, 2.24) is 5.43 Å². The zero-order chi connectivity index (χ0) is 19.2. The van der Waals surface area contributed by atoms with Gasteiger partial charge in [-0.1, -0.05) is 30.3 Å². The molecule has 3 rings (SSSR count). The van der Waals surface area contributed by atoms with Crippen LogP contribution in [-0.2, 0) is 0 Å². The largest absolute Gasteiger partial charge is 0.507 e. The molecule has 3 aromatic rings. The molecule has 1 aromatic heterocycles. The number of benzene rings is 2. The number of thiophene rings is 1. The molecule has 27 heavy (non-hydrogen) atoms. The number of nitrogens with zero attached hydrogens (tertiary/aromatic N) is 1. The van der Waals surface area contributed by atoms with Crippen LogP contribution in [0.5, 0.6) is 5.75 Å². The number of carbonyl (C=O) groups is 2. The topological polar surface area (TPSA) is 90.8 Å². The number of phenolic OH excluding ortho intramolecular Hbond substituents is 1. The van der Waals surface area contributed by atoms with Crippen molar-refractivity contribution in [2.45, 2.75) is 6.92 Å². The zero-order valence-corrected chi connectivity index (χ0v) is 15.3. The Morgan fingerprint density at radius 3 is 2.37 bits per heavy atom. The van der Waals surface area contributed by atoms with E-state index in [0.717, 1.165) is 5.56 Å². The van der Waals surface area contributed by atoms with Gasteiger partial charge in [-0.25, -0.2) is 5.43 Å². The molecule has 0 aliphatic rings. The number of aromatic hydroxyl groups is 1. The lowest BCUT2D eigenvalue weighted by molar-refractivity contribution is 0.0951. The maximum absolute atomic E-state index is 12.1. The van der Waals surface area contributed by atoms with Gasteiger partial charge < -0.3 is 10.4 Å². The number of phenols is 1. The lowest BCUT2D eigenvalue weighted by Crippen LogP contribution is -2.19. The van der Waals surface area contributed by atoms with Gasteiger partial charge in [-0.15, -0.1) is 11.3 Å². The number of para-hydroxylation sites is 1. The Balaban J connectivity index is 1.64. The first-order chi connectivity index (χ1) is 13.0. The van der Waals surface area contributed by atoms with Crippen LogP contribution in [0.3, 0.4) is 0 Å². The van der Waals surface area contributed by atoms with E-state index in [0.29, 0.717) is 16.3 Å². The molecular weight excluding hydrogens is 362 g/mol. The summed E-state index contributed by atoms with van der Waals surface area (Å²) in [5.74, 6) is -0.751. The van der Waals surface area contributed by atoms with Crippen LogP contribution in [0.1, 0.15) is 32.5 Å². The number of hydrogen-bond acceptors (Lipinski definition) is 5. The maximum Gasteiger partial charge on any atom is 0.275 e. The van der Waals surface area contributed by atoms with Crippen molar-refractivity contribution < 1.29 is 14.7 Å². The number of anilines is 1. The van der Waals surface area contributed by atoms with Gasteiger partial charge in [-0.3, -0.25) is 9.59 Å². The average molecular weight is 379 g/mol. The molecule has 0 aliphatic carbocycles. The van der Waals surface area contributed by atoms with Gasteiger partial charge in [0, 0.05) is 5.69 Å². The van der Waals surface area contributed by atoms with Crippen LogP contribution in [-0.4, -0.2) is 22.6 Å². The number of carbonyl (C=O) groups excluding carboxylic acids is 2. The second-order valence-electron chi connectivity index (χ2n) is 5.66. The van der Waals surface area contributed by atoms with Crippen LogP contribution in [0.4, 0.5) is 5.69 Å². The van der Waals surface area contributed by atoms with Crippen LogP contribution in [0.25, 0.3) is 0 Å². The summed E-state index contributed by atoms with van der Waals surface area (Å²) in [5.41, 5.74) is 4.63. The Hall–Kier alpha value is -3.45. The molecule has 0 aliphatic heterocycles. The smallest absolute Gasteiger partial charge is 0.275 e. The number of hydrazone groups is 1. The van der Waals surface area contributed by atoms with Crippen molar-refractivity contribution in [1.29, 1.82) is 0 Å². The van der Waals surface area contributed by atoms with Gasteiger partial charge in [-0.2, -0.15) is 5.10 Å². The highest BCUT2D eigenvalue weighted by molar-refractivity contribution is 7.12. The van der Waals surface area contributed by atoms with Gasteiger partial charge in [0.05, 0.1) is 16.2 Å². The van der Waals surface area contributed by atoms with E-state index in [-0.39, 0.29) is 17.2 Å². The highest BCUT2D eigenvalue weighted by Gasteiger charge is 2.10. The van der Waals surface area contributed by atoms with Crippen molar-refractivity contribution in [2.75, 3.05) is 5.32 Å². The van der Waals surface area contributed by atoms with Crippen LogP contribution in [0, 0.1) is 0 Å². The van der Waals surface area contributed by atoms with Crippen molar-refractivity contribution in [2.24, 2.45) is 5.10 Å². The highest BCUT2D eigenvalue weighted by atomic mass is 32.1. The highest BCUT2D eigenvalue weighted by Crippen LogP contribution is 2.16. The molecule has 3 N–H and O–H groups in total. The third-order valence-electron chi connectivity index (χ3n) is 3.78. The molecule has 0 fully saturated rings. The quantitative estimate of drug-likeness (QED) is 0.464. The SMILES string of the molecule is C/C(=N\NC(=O)c1ccccc1O)c1ccc(NC(=O)c2cccs2)cc1. The molecule has 6 nitrogen and oxygen atoms in total. The summed E-state index contributed by atoms with van der Waals surface area (Å²) < 4.78 is 0. The Morgan fingerprint density at radius 2 is 1.70 bits per heavy atom. The fraction of sp³-hybridized carbons (Fsp3) is 0.0500. The standard InChI is InChI=1S/C20H17N3O3S/c1-13(22-23-19(25)16-5-2-3-6-17(16)24)14-8-10-15(11-9-14)21-20(26)18-7-4-12-27-18/h2-12,24H,1H3,(H,21,26)(H,23,25)/b22-13+. The summed E-state index contributed by atoms with van der Waals surface area (Å²) in [7, 11) is 0. The van der Waals surface area contributed by atoms with Crippen molar-refractivity contribution >= 4 is 34.6 Å². The summed E-state index contributed by atoms with van der Waals surface area (Å²) in [6, 6.07) is 17.0. The van der Waals surface area contributed by atoms with Gasteiger partial charge in [0.1, 0.15) is 5.75 Å². The minimum atomic E-state index is -0.493. The van der Waals surface area contributed by atoms with Gasteiger partial charge in [0.15, 0.2) is 0 Å². The second-order valence-corrected chi connectivity index (χ2v) is 6.61. The molecule has 1 heterocycles. The van der Waals surface area contributed by atoms with E-state index in [9.17, 15) is 14.7 Å². The van der Waals surface area contributed by atoms with Crippen LogP contribution < -0.4 is 10.7 Å². The number of hydrogen-bond donors (Lipinski definition) is 3. The molecule has 0 saturated carbocycles. The normalized spacial score (nSPS) is 11.1. The maximum atomic E-state index is 12.1. The fourth-order valence-electron chi connectivity index (χ4n) is 2.32. The molecule has 136 valence electrons. The molecule has 0 saturated heterocycles. The first-order valence-corrected chi connectivity index (χ1v) is 9.00. The Morgan fingerprint density at radius 1 is 0.963 bits per heavy atom. The van der Waals surface area contributed by atoms with Gasteiger partial charge >= 0.3 is 0 Å². The Bertz CT molecular complexity index is 980. The first-order valence-electron chi connectivity index (χ1n) is 8.12. The molecule has 2 amide bonds. The molecule has 0 atom stereocenters. The first kappa shape index (κ1) is 18.3. The van der Waals surface area contributed by atoms with Crippen molar-refractivity contribution in [3.8, 4) is 5.75 Å². The lowest BCUT2D eigenvalue weighted by atomic mass is 10.1. The number of nitrogens with one attached hydrogen (secondary N) is 2. The number of amides is 2. The van der Waals surface area contributed by atoms with Crippen molar-refractivity contribution in [3.05, 3.63) is 82.0 Å². The van der Waals surface area contributed by atoms with E-state index >= 15 is 0 Å². The lowest BCUT2D eigenvalue weighted by Gasteiger charge is -2.07. The third kappa shape index (κ3) is 4.59. The van der Waals surface area contributed by atoms with Crippen LogP contribution >= 0.6 is 11.3 Å². The van der Waals surface area contributed by atoms with Crippen LogP contribution in [0.15, 0.2) is 71.1 Å². The molecule has 0 unspecified atom stereocenters.